The minimum atomic E-state index is 0. The van der Waals surface area contributed by atoms with Crippen LogP contribution >= 0.6 is 39.9 Å². The highest BCUT2D eigenvalue weighted by atomic mass is 79.9. The van der Waals surface area contributed by atoms with Gasteiger partial charge in [0.15, 0.2) is 0 Å². The molecule has 2 aromatic carbocycles. The number of nitrogens with one attached hydrogen (secondary N) is 1. The molecule has 0 aliphatic carbocycles. The SMILES string of the molecule is C#CCNCCCCOc1ccc2c(-c3ccc(Br)cc3)nsc2c1.Cl. The average molecular weight is 452 g/mol. The van der Waals surface area contributed by atoms with E-state index in [1.54, 1.807) is 0 Å². The molecule has 0 saturated carbocycles. The first-order valence-corrected chi connectivity index (χ1v) is 9.77. The number of halogens is 2. The highest BCUT2D eigenvalue weighted by molar-refractivity contribution is 9.10. The third-order valence-electron chi connectivity index (χ3n) is 3.80. The molecule has 1 heterocycles. The lowest BCUT2D eigenvalue weighted by molar-refractivity contribution is 0.306. The molecule has 0 fully saturated rings. The Morgan fingerprint density at radius 2 is 1.96 bits per heavy atom. The minimum absolute atomic E-state index is 0. The monoisotopic (exact) mass is 450 g/mol. The summed E-state index contributed by atoms with van der Waals surface area (Å²) >= 11 is 4.98. The van der Waals surface area contributed by atoms with Crippen LogP contribution in [0.25, 0.3) is 21.3 Å². The number of benzene rings is 2. The predicted octanol–water partition coefficient (Wildman–Crippen LogP) is 5.53. The highest BCUT2D eigenvalue weighted by Crippen LogP contribution is 2.33. The molecule has 6 heteroatoms. The summed E-state index contributed by atoms with van der Waals surface area (Å²) in [5, 5.41) is 4.34. The molecule has 0 atom stereocenters. The van der Waals surface area contributed by atoms with Gasteiger partial charge in [-0.25, -0.2) is 0 Å². The smallest absolute Gasteiger partial charge is 0.120 e. The van der Waals surface area contributed by atoms with Crippen LogP contribution in [-0.4, -0.2) is 24.1 Å². The Balaban J connectivity index is 0.00000243. The largest absolute Gasteiger partial charge is 0.494 e. The van der Waals surface area contributed by atoms with Crippen molar-refractivity contribution in [2.45, 2.75) is 12.8 Å². The fraction of sp³-hybridized carbons (Fsp3) is 0.250. The van der Waals surface area contributed by atoms with Gasteiger partial charge in [-0.3, -0.25) is 0 Å². The maximum Gasteiger partial charge on any atom is 0.120 e. The van der Waals surface area contributed by atoms with E-state index in [1.807, 2.05) is 18.2 Å². The summed E-state index contributed by atoms with van der Waals surface area (Å²) in [6.45, 7) is 2.27. The van der Waals surface area contributed by atoms with Gasteiger partial charge in [-0.05, 0) is 61.3 Å². The molecular formula is C20H20BrClN2OS. The van der Waals surface area contributed by atoms with Gasteiger partial charge in [-0.1, -0.05) is 34.0 Å². The Morgan fingerprint density at radius 3 is 2.73 bits per heavy atom. The first-order chi connectivity index (χ1) is 12.3. The summed E-state index contributed by atoms with van der Waals surface area (Å²) in [5.74, 6) is 3.47. The molecule has 3 aromatic rings. The normalized spacial score (nSPS) is 10.3. The maximum absolute atomic E-state index is 5.86. The number of aromatic nitrogens is 1. The van der Waals surface area contributed by atoms with Crippen LogP contribution < -0.4 is 10.1 Å². The second-order valence-electron chi connectivity index (χ2n) is 5.63. The third-order valence-corrected chi connectivity index (χ3v) is 5.14. The van der Waals surface area contributed by atoms with Gasteiger partial charge in [-0.15, -0.1) is 18.8 Å². The Bertz CT molecular complexity index is 874. The van der Waals surface area contributed by atoms with Crippen LogP contribution in [0.3, 0.4) is 0 Å². The van der Waals surface area contributed by atoms with Crippen molar-refractivity contribution in [1.29, 1.82) is 0 Å². The average Bonchev–Trinajstić information content (AvgIpc) is 3.05. The number of fused-ring (bicyclic) bond motifs is 1. The molecule has 0 radical (unpaired) electrons. The molecule has 3 rings (SSSR count). The topological polar surface area (TPSA) is 34.1 Å². The van der Waals surface area contributed by atoms with E-state index in [-0.39, 0.29) is 12.4 Å². The lowest BCUT2D eigenvalue weighted by atomic mass is 10.1. The van der Waals surface area contributed by atoms with Crippen molar-refractivity contribution in [3.63, 3.8) is 0 Å². The van der Waals surface area contributed by atoms with Gasteiger partial charge in [0.25, 0.3) is 0 Å². The van der Waals surface area contributed by atoms with Crippen molar-refractivity contribution < 1.29 is 4.74 Å². The molecule has 26 heavy (non-hydrogen) atoms. The van der Waals surface area contributed by atoms with Gasteiger partial charge in [0.05, 0.1) is 23.5 Å². The van der Waals surface area contributed by atoms with E-state index in [1.165, 1.54) is 11.5 Å². The Morgan fingerprint density at radius 1 is 1.15 bits per heavy atom. The van der Waals surface area contributed by atoms with E-state index < -0.39 is 0 Å². The number of hydrogen-bond acceptors (Lipinski definition) is 4. The molecule has 136 valence electrons. The number of terminal acetylenes is 1. The Kier molecular flexibility index (Phi) is 8.40. The molecule has 3 nitrogen and oxygen atoms in total. The summed E-state index contributed by atoms with van der Waals surface area (Å²) in [5.41, 5.74) is 2.15. The number of hydrogen-bond donors (Lipinski definition) is 1. The van der Waals surface area contributed by atoms with Crippen molar-refractivity contribution in [2.24, 2.45) is 0 Å². The Labute approximate surface area is 172 Å². The van der Waals surface area contributed by atoms with Crippen LogP contribution in [0.5, 0.6) is 5.75 Å². The van der Waals surface area contributed by atoms with E-state index in [0.717, 1.165) is 51.0 Å². The van der Waals surface area contributed by atoms with E-state index in [2.05, 4.69) is 55.8 Å². The molecule has 0 bridgehead atoms. The zero-order chi connectivity index (χ0) is 17.5. The Hall–Kier alpha value is -1.58. The van der Waals surface area contributed by atoms with Crippen LogP contribution in [0.4, 0.5) is 0 Å². The molecule has 0 spiro atoms. The highest BCUT2D eigenvalue weighted by Gasteiger charge is 2.09. The second kappa shape index (κ2) is 10.5. The van der Waals surface area contributed by atoms with E-state index >= 15 is 0 Å². The van der Waals surface area contributed by atoms with Crippen molar-refractivity contribution in [2.75, 3.05) is 19.7 Å². The van der Waals surface area contributed by atoms with Gasteiger partial charge in [0.1, 0.15) is 5.75 Å². The molecule has 0 unspecified atom stereocenters. The summed E-state index contributed by atoms with van der Waals surface area (Å²) in [4.78, 5) is 0. The van der Waals surface area contributed by atoms with Gasteiger partial charge < -0.3 is 10.1 Å². The van der Waals surface area contributed by atoms with Crippen LogP contribution in [0.1, 0.15) is 12.8 Å². The van der Waals surface area contributed by atoms with Gasteiger partial charge in [-0.2, -0.15) is 4.37 Å². The van der Waals surface area contributed by atoms with Gasteiger partial charge in [0.2, 0.25) is 0 Å². The molecule has 1 aromatic heterocycles. The molecule has 0 saturated heterocycles. The predicted molar refractivity (Wildman–Crippen MR) is 116 cm³/mol. The molecule has 0 aliphatic heterocycles. The van der Waals surface area contributed by atoms with Crippen molar-refractivity contribution in [3.05, 3.63) is 46.9 Å². The zero-order valence-electron chi connectivity index (χ0n) is 14.2. The van der Waals surface area contributed by atoms with E-state index in [4.69, 9.17) is 11.2 Å². The fourth-order valence-corrected chi connectivity index (χ4v) is 3.62. The number of nitrogens with zero attached hydrogens (tertiary/aromatic N) is 1. The molecule has 0 aliphatic rings. The lowest BCUT2D eigenvalue weighted by Crippen LogP contribution is -2.15. The van der Waals surface area contributed by atoms with Crippen LogP contribution in [0, 0.1) is 12.3 Å². The van der Waals surface area contributed by atoms with E-state index in [0.29, 0.717) is 13.2 Å². The minimum Gasteiger partial charge on any atom is -0.494 e. The summed E-state index contributed by atoms with van der Waals surface area (Å²) in [6.07, 6.45) is 7.25. The lowest BCUT2D eigenvalue weighted by Gasteiger charge is -2.06. The molecule has 1 N–H and O–H groups in total. The molecular weight excluding hydrogens is 432 g/mol. The van der Waals surface area contributed by atoms with Crippen LogP contribution in [0.15, 0.2) is 46.9 Å². The fourth-order valence-electron chi connectivity index (χ4n) is 2.53. The first kappa shape index (κ1) is 20.7. The third kappa shape index (κ3) is 5.46. The van der Waals surface area contributed by atoms with Gasteiger partial charge >= 0.3 is 0 Å². The summed E-state index contributed by atoms with van der Waals surface area (Å²) < 4.78 is 12.7. The number of unbranched alkanes of at least 4 members (excludes halogenated alkanes) is 1. The van der Waals surface area contributed by atoms with Crippen molar-refractivity contribution in [1.82, 2.24) is 9.69 Å². The first-order valence-electron chi connectivity index (χ1n) is 8.20. The molecule has 0 amide bonds. The van der Waals surface area contributed by atoms with Crippen LogP contribution in [0.2, 0.25) is 0 Å². The van der Waals surface area contributed by atoms with E-state index in [9.17, 15) is 0 Å². The quantitative estimate of drug-likeness (QED) is 0.361. The van der Waals surface area contributed by atoms with Crippen molar-refractivity contribution >= 4 is 50.0 Å². The van der Waals surface area contributed by atoms with Crippen molar-refractivity contribution in [3.8, 4) is 29.4 Å². The summed E-state index contributed by atoms with van der Waals surface area (Å²) in [7, 11) is 0. The maximum atomic E-state index is 5.86. The summed E-state index contributed by atoms with van der Waals surface area (Å²) in [6, 6.07) is 14.4. The second-order valence-corrected chi connectivity index (χ2v) is 7.35. The zero-order valence-corrected chi connectivity index (χ0v) is 17.4. The standard InChI is InChI=1S/C20H19BrN2OS.ClH/c1-2-11-22-12-3-4-13-24-17-9-10-18-19(14-17)25-23-20(18)15-5-7-16(21)8-6-15;/h1,5-10,14,22H,3-4,11-13H2;1H. The van der Waals surface area contributed by atoms with Crippen LogP contribution in [-0.2, 0) is 0 Å². The van der Waals surface area contributed by atoms with Gasteiger partial charge in [0, 0.05) is 15.4 Å². The number of rotatable bonds is 8. The number of ether oxygens (including phenoxy) is 1.